The lowest BCUT2D eigenvalue weighted by molar-refractivity contribution is 0.0935. The number of anilines is 1. The molecule has 0 aromatic heterocycles. The largest absolute Gasteiger partial charge is 0.349 e. The molecule has 0 fully saturated rings. The first kappa shape index (κ1) is 13.5. The summed E-state index contributed by atoms with van der Waals surface area (Å²) in [6, 6.07) is 5.79. The van der Waals surface area contributed by atoms with Crippen molar-refractivity contribution in [1.82, 2.24) is 5.32 Å². The van der Waals surface area contributed by atoms with Crippen molar-refractivity contribution < 1.29 is 4.79 Å². The Balaban J connectivity index is 2.90. The molecule has 4 heteroatoms. The summed E-state index contributed by atoms with van der Waals surface area (Å²) in [6.45, 7) is 6.08. The highest BCUT2D eigenvalue weighted by Gasteiger charge is 2.14. The fraction of sp³-hybridized carbons (Fsp3) is 0.462. The first-order valence-electron chi connectivity index (χ1n) is 6.00. The van der Waals surface area contributed by atoms with Crippen molar-refractivity contribution in [3.05, 3.63) is 29.3 Å². The van der Waals surface area contributed by atoms with E-state index >= 15 is 0 Å². The first-order valence-corrected chi connectivity index (χ1v) is 6.00. The molecule has 0 atom stereocenters. The molecule has 0 radical (unpaired) electrons. The SMILES string of the molecule is CCC(CC)NC(=O)c1cc(C)ccc1NN. The lowest BCUT2D eigenvalue weighted by atomic mass is 10.1. The minimum Gasteiger partial charge on any atom is -0.349 e. The number of nitrogens with one attached hydrogen (secondary N) is 2. The van der Waals surface area contributed by atoms with Gasteiger partial charge in [0.2, 0.25) is 0 Å². The van der Waals surface area contributed by atoms with Crippen molar-refractivity contribution in [3.8, 4) is 0 Å². The van der Waals surface area contributed by atoms with Gasteiger partial charge in [-0.05, 0) is 31.9 Å². The maximum absolute atomic E-state index is 12.1. The van der Waals surface area contributed by atoms with Crippen LogP contribution in [0.25, 0.3) is 0 Å². The normalized spacial score (nSPS) is 10.4. The van der Waals surface area contributed by atoms with E-state index in [9.17, 15) is 4.79 Å². The lowest BCUT2D eigenvalue weighted by Gasteiger charge is -2.16. The molecule has 0 spiro atoms. The van der Waals surface area contributed by atoms with Crippen LogP contribution in [0.4, 0.5) is 5.69 Å². The van der Waals surface area contributed by atoms with Crippen molar-refractivity contribution in [2.45, 2.75) is 39.7 Å². The molecule has 1 rings (SSSR count). The van der Waals surface area contributed by atoms with E-state index in [0.717, 1.165) is 18.4 Å². The standard InChI is InChI=1S/C13H21N3O/c1-4-10(5-2)15-13(17)11-8-9(3)6-7-12(11)16-14/h6-8,10,16H,4-5,14H2,1-3H3,(H,15,17). The number of nitrogens with two attached hydrogens (primary N) is 1. The van der Waals surface area contributed by atoms with Crippen LogP contribution in [0.3, 0.4) is 0 Å². The van der Waals surface area contributed by atoms with Crippen LogP contribution in [0.15, 0.2) is 18.2 Å². The number of hydrogen-bond donors (Lipinski definition) is 3. The zero-order valence-corrected chi connectivity index (χ0v) is 10.7. The molecule has 4 nitrogen and oxygen atoms in total. The number of amides is 1. The van der Waals surface area contributed by atoms with Gasteiger partial charge in [-0.2, -0.15) is 0 Å². The number of hydrogen-bond acceptors (Lipinski definition) is 3. The highest BCUT2D eigenvalue weighted by atomic mass is 16.1. The van der Waals surface area contributed by atoms with Crippen LogP contribution in [0.5, 0.6) is 0 Å². The molecule has 1 aromatic carbocycles. The first-order chi connectivity index (χ1) is 8.12. The number of aryl methyl sites for hydroxylation is 1. The van der Waals surface area contributed by atoms with Gasteiger partial charge in [0.1, 0.15) is 0 Å². The van der Waals surface area contributed by atoms with Crippen LogP contribution in [0.2, 0.25) is 0 Å². The Hall–Kier alpha value is -1.55. The fourth-order valence-corrected chi connectivity index (χ4v) is 1.73. The van der Waals surface area contributed by atoms with Gasteiger partial charge in [0, 0.05) is 6.04 Å². The molecule has 0 aliphatic carbocycles. The van der Waals surface area contributed by atoms with Gasteiger partial charge in [0.25, 0.3) is 5.91 Å². The molecule has 1 aromatic rings. The van der Waals surface area contributed by atoms with E-state index in [0.29, 0.717) is 11.3 Å². The van der Waals surface area contributed by atoms with Gasteiger partial charge in [-0.3, -0.25) is 10.6 Å². The molecule has 17 heavy (non-hydrogen) atoms. The summed E-state index contributed by atoms with van der Waals surface area (Å²) < 4.78 is 0. The van der Waals surface area contributed by atoms with E-state index in [2.05, 4.69) is 24.6 Å². The minimum absolute atomic E-state index is 0.0737. The van der Waals surface area contributed by atoms with Gasteiger partial charge < -0.3 is 10.7 Å². The molecule has 0 aliphatic heterocycles. The third-order valence-electron chi connectivity index (χ3n) is 2.90. The van der Waals surface area contributed by atoms with E-state index in [-0.39, 0.29) is 11.9 Å². The van der Waals surface area contributed by atoms with Gasteiger partial charge in [-0.25, -0.2) is 0 Å². The van der Waals surface area contributed by atoms with E-state index in [4.69, 9.17) is 5.84 Å². The highest BCUT2D eigenvalue weighted by molar-refractivity contribution is 5.99. The Kier molecular flexibility index (Phi) is 4.97. The average Bonchev–Trinajstić information content (AvgIpc) is 2.35. The zero-order chi connectivity index (χ0) is 12.8. The lowest BCUT2D eigenvalue weighted by Crippen LogP contribution is -2.34. The summed E-state index contributed by atoms with van der Waals surface area (Å²) in [5.74, 6) is 5.33. The molecule has 94 valence electrons. The van der Waals surface area contributed by atoms with Crippen molar-refractivity contribution in [2.24, 2.45) is 5.84 Å². The summed E-state index contributed by atoms with van der Waals surface area (Å²) >= 11 is 0. The summed E-state index contributed by atoms with van der Waals surface area (Å²) in [5.41, 5.74) is 4.84. The van der Waals surface area contributed by atoms with Crippen LogP contribution in [0, 0.1) is 6.92 Å². The van der Waals surface area contributed by atoms with Crippen LogP contribution in [-0.2, 0) is 0 Å². The third-order valence-corrected chi connectivity index (χ3v) is 2.90. The summed E-state index contributed by atoms with van der Waals surface area (Å²) in [6.07, 6.45) is 1.86. The maximum Gasteiger partial charge on any atom is 0.253 e. The van der Waals surface area contributed by atoms with Crippen molar-refractivity contribution in [1.29, 1.82) is 0 Å². The van der Waals surface area contributed by atoms with Crippen molar-refractivity contribution in [3.63, 3.8) is 0 Å². The molecule has 1 amide bonds. The summed E-state index contributed by atoms with van der Waals surface area (Å²) in [4.78, 5) is 12.1. The Morgan fingerprint density at radius 3 is 2.53 bits per heavy atom. The quantitative estimate of drug-likeness (QED) is 0.541. The summed E-state index contributed by atoms with van der Waals surface area (Å²) in [5, 5.41) is 3.00. The molecule has 4 N–H and O–H groups in total. The number of benzene rings is 1. The van der Waals surface area contributed by atoms with E-state index in [1.165, 1.54) is 0 Å². The Bertz CT molecular complexity index is 386. The highest BCUT2D eigenvalue weighted by Crippen LogP contribution is 2.16. The second kappa shape index (κ2) is 6.25. The molecular weight excluding hydrogens is 214 g/mol. The van der Waals surface area contributed by atoms with Gasteiger partial charge in [-0.1, -0.05) is 25.5 Å². The van der Waals surface area contributed by atoms with Gasteiger partial charge in [0.05, 0.1) is 11.3 Å². The number of carbonyl (C=O) groups excluding carboxylic acids is 1. The smallest absolute Gasteiger partial charge is 0.253 e. The van der Waals surface area contributed by atoms with Crippen LogP contribution >= 0.6 is 0 Å². The molecule has 0 saturated carbocycles. The molecular formula is C13H21N3O. The minimum atomic E-state index is -0.0737. The second-order valence-corrected chi connectivity index (χ2v) is 4.18. The molecule has 0 saturated heterocycles. The Labute approximate surface area is 103 Å². The van der Waals surface area contributed by atoms with E-state index in [1.807, 2.05) is 25.1 Å². The monoisotopic (exact) mass is 235 g/mol. The van der Waals surface area contributed by atoms with Crippen LogP contribution < -0.4 is 16.6 Å². The molecule has 0 bridgehead atoms. The zero-order valence-electron chi connectivity index (χ0n) is 10.7. The third kappa shape index (κ3) is 3.46. The van der Waals surface area contributed by atoms with Gasteiger partial charge in [-0.15, -0.1) is 0 Å². The second-order valence-electron chi connectivity index (χ2n) is 4.18. The van der Waals surface area contributed by atoms with E-state index in [1.54, 1.807) is 0 Å². The average molecular weight is 235 g/mol. The predicted molar refractivity (Wildman–Crippen MR) is 70.8 cm³/mol. The predicted octanol–water partition coefficient (Wildman–Crippen LogP) is 2.20. The van der Waals surface area contributed by atoms with Crippen LogP contribution in [0.1, 0.15) is 42.6 Å². The fourth-order valence-electron chi connectivity index (χ4n) is 1.73. The molecule has 0 aliphatic rings. The van der Waals surface area contributed by atoms with Crippen LogP contribution in [-0.4, -0.2) is 11.9 Å². The molecule has 0 unspecified atom stereocenters. The van der Waals surface area contributed by atoms with Crippen molar-refractivity contribution in [2.75, 3.05) is 5.43 Å². The summed E-state index contributed by atoms with van der Waals surface area (Å²) in [7, 11) is 0. The Morgan fingerprint density at radius 1 is 1.35 bits per heavy atom. The van der Waals surface area contributed by atoms with Gasteiger partial charge >= 0.3 is 0 Å². The number of carbonyl (C=O) groups is 1. The van der Waals surface area contributed by atoms with Crippen molar-refractivity contribution >= 4 is 11.6 Å². The molecule has 0 heterocycles. The topological polar surface area (TPSA) is 67.2 Å². The van der Waals surface area contributed by atoms with Gasteiger partial charge in [0.15, 0.2) is 0 Å². The number of hydrazine groups is 1. The Morgan fingerprint density at radius 2 is 2.00 bits per heavy atom. The maximum atomic E-state index is 12.1. The van der Waals surface area contributed by atoms with E-state index < -0.39 is 0 Å². The number of rotatable bonds is 5. The number of nitrogen functional groups attached to an aromatic ring is 1.